The second-order valence-corrected chi connectivity index (χ2v) is 7.92. The second kappa shape index (κ2) is 6.18. The SMILES string of the molecule is CN(C)CC/C=C1/c2ccccc2Sc2ccc(C3CC3)cc21. The molecule has 2 heteroatoms. The van der Waals surface area contributed by atoms with Crippen molar-refractivity contribution in [2.75, 3.05) is 20.6 Å². The maximum Gasteiger partial charge on any atom is 0.0201 e. The Morgan fingerprint density at radius 3 is 2.61 bits per heavy atom. The average Bonchev–Trinajstić information content (AvgIpc) is 3.38. The van der Waals surface area contributed by atoms with Gasteiger partial charge in [0.1, 0.15) is 0 Å². The Labute approximate surface area is 143 Å². The summed E-state index contributed by atoms with van der Waals surface area (Å²) < 4.78 is 0. The van der Waals surface area contributed by atoms with Crippen LogP contribution in [0.3, 0.4) is 0 Å². The maximum absolute atomic E-state index is 2.46. The molecule has 2 aliphatic rings. The highest BCUT2D eigenvalue weighted by atomic mass is 32.2. The van der Waals surface area contributed by atoms with Gasteiger partial charge in [0.05, 0.1) is 0 Å². The summed E-state index contributed by atoms with van der Waals surface area (Å²) >= 11 is 1.92. The van der Waals surface area contributed by atoms with Gasteiger partial charge in [0.25, 0.3) is 0 Å². The minimum absolute atomic E-state index is 0.811. The predicted molar refractivity (Wildman–Crippen MR) is 99.2 cm³/mol. The van der Waals surface area contributed by atoms with E-state index in [1.807, 2.05) is 11.8 Å². The fraction of sp³-hybridized carbons (Fsp3) is 0.333. The molecule has 23 heavy (non-hydrogen) atoms. The van der Waals surface area contributed by atoms with Crippen LogP contribution in [0.25, 0.3) is 5.57 Å². The maximum atomic E-state index is 2.46. The Bertz CT molecular complexity index is 756. The summed E-state index contributed by atoms with van der Waals surface area (Å²) in [5, 5.41) is 0. The summed E-state index contributed by atoms with van der Waals surface area (Å²) in [4.78, 5) is 5.04. The molecule has 0 saturated heterocycles. The summed E-state index contributed by atoms with van der Waals surface area (Å²) in [5.74, 6) is 0.811. The van der Waals surface area contributed by atoms with Crippen molar-refractivity contribution in [3.63, 3.8) is 0 Å². The number of hydrogen-bond donors (Lipinski definition) is 0. The summed E-state index contributed by atoms with van der Waals surface area (Å²) in [6.07, 6.45) is 6.26. The van der Waals surface area contributed by atoms with E-state index in [-0.39, 0.29) is 0 Å². The van der Waals surface area contributed by atoms with Gasteiger partial charge in [0, 0.05) is 16.3 Å². The van der Waals surface area contributed by atoms with Gasteiger partial charge in [-0.05, 0) is 79.7 Å². The average molecular weight is 321 g/mol. The molecule has 1 aliphatic carbocycles. The topological polar surface area (TPSA) is 3.24 Å². The van der Waals surface area contributed by atoms with Gasteiger partial charge in [0.2, 0.25) is 0 Å². The Kier molecular flexibility index (Phi) is 4.04. The molecule has 1 fully saturated rings. The van der Waals surface area contributed by atoms with Crippen molar-refractivity contribution in [2.45, 2.75) is 35.0 Å². The molecule has 1 nitrogen and oxygen atoms in total. The smallest absolute Gasteiger partial charge is 0.0201 e. The number of nitrogens with zero attached hydrogens (tertiary/aromatic N) is 1. The lowest BCUT2D eigenvalue weighted by atomic mass is 9.94. The van der Waals surface area contributed by atoms with Gasteiger partial charge < -0.3 is 4.90 Å². The van der Waals surface area contributed by atoms with Crippen LogP contribution in [0.5, 0.6) is 0 Å². The fourth-order valence-corrected chi connectivity index (χ4v) is 4.33. The Morgan fingerprint density at radius 2 is 1.83 bits per heavy atom. The summed E-state index contributed by atoms with van der Waals surface area (Å²) in [7, 11) is 4.28. The molecule has 1 saturated carbocycles. The third-order valence-electron chi connectivity index (χ3n) is 4.66. The molecular formula is C21H23NS. The van der Waals surface area contributed by atoms with E-state index in [0.717, 1.165) is 18.9 Å². The monoisotopic (exact) mass is 321 g/mol. The van der Waals surface area contributed by atoms with Crippen LogP contribution in [-0.4, -0.2) is 25.5 Å². The summed E-state index contributed by atoms with van der Waals surface area (Å²) in [6, 6.07) is 16.0. The molecule has 1 aliphatic heterocycles. The predicted octanol–water partition coefficient (Wildman–Crippen LogP) is 5.41. The first kappa shape index (κ1) is 15.0. The second-order valence-electron chi connectivity index (χ2n) is 6.84. The van der Waals surface area contributed by atoms with Crippen molar-refractivity contribution < 1.29 is 0 Å². The number of benzene rings is 2. The first-order chi connectivity index (χ1) is 11.2. The van der Waals surface area contributed by atoms with E-state index in [0.29, 0.717) is 0 Å². The molecular weight excluding hydrogens is 298 g/mol. The van der Waals surface area contributed by atoms with Crippen molar-refractivity contribution in [3.05, 3.63) is 65.2 Å². The summed E-state index contributed by atoms with van der Waals surface area (Å²) in [6.45, 7) is 1.09. The molecule has 0 amide bonds. The zero-order chi connectivity index (χ0) is 15.8. The lowest BCUT2D eigenvalue weighted by Crippen LogP contribution is -2.12. The molecule has 0 radical (unpaired) electrons. The van der Waals surface area contributed by atoms with E-state index >= 15 is 0 Å². The van der Waals surface area contributed by atoms with Crippen LogP contribution in [0, 0.1) is 0 Å². The van der Waals surface area contributed by atoms with Crippen molar-refractivity contribution in [2.24, 2.45) is 0 Å². The Hall–Kier alpha value is -1.51. The zero-order valence-corrected chi connectivity index (χ0v) is 14.7. The van der Waals surface area contributed by atoms with E-state index < -0.39 is 0 Å². The van der Waals surface area contributed by atoms with Gasteiger partial charge in [0.15, 0.2) is 0 Å². The molecule has 118 valence electrons. The van der Waals surface area contributed by atoms with E-state index in [2.05, 4.69) is 67.5 Å². The first-order valence-corrected chi connectivity index (χ1v) is 9.30. The van der Waals surface area contributed by atoms with E-state index in [4.69, 9.17) is 0 Å². The zero-order valence-electron chi connectivity index (χ0n) is 13.9. The van der Waals surface area contributed by atoms with Crippen LogP contribution >= 0.6 is 11.8 Å². The minimum Gasteiger partial charge on any atom is -0.309 e. The highest BCUT2D eigenvalue weighted by Gasteiger charge is 2.26. The van der Waals surface area contributed by atoms with E-state index in [9.17, 15) is 0 Å². The van der Waals surface area contributed by atoms with Gasteiger partial charge in [-0.25, -0.2) is 0 Å². The van der Waals surface area contributed by atoms with Crippen molar-refractivity contribution in [1.29, 1.82) is 0 Å². The molecule has 0 unspecified atom stereocenters. The minimum atomic E-state index is 0.811. The van der Waals surface area contributed by atoms with Gasteiger partial charge >= 0.3 is 0 Å². The highest BCUT2D eigenvalue weighted by Crippen LogP contribution is 2.48. The normalized spacial score (nSPS) is 18.1. The largest absolute Gasteiger partial charge is 0.309 e. The van der Waals surface area contributed by atoms with Gasteiger partial charge in [-0.3, -0.25) is 0 Å². The Balaban J connectivity index is 1.77. The van der Waals surface area contributed by atoms with Gasteiger partial charge in [-0.1, -0.05) is 42.1 Å². The number of rotatable bonds is 4. The van der Waals surface area contributed by atoms with Gasteiger partial charge in [-0.2, -0.15) is 0 Å². The lowest BCUT2D eigenvalue weighted by molar-refractivity contribution is 0.417. The quantitative estimate of drug-likeness (QED) is 0.632. The Morgan fingerprint density at radius 1 is 1.04 bits per heavy atom. The van der Waals surface area contributed by atoms with Crippen LogP contribution in [-0.2, 0) is 0 Å². The molecule has 1 heterocycles. The molecule has 0 bridgehead atoms. The van der Waals surface area contributed by atoms with Crippen LogP contribution in [0.1, 0.15) is 41.9 Å². The highest BCUT2D eigenvalue weighted by molar-refractivity contribution is 7.99. The molecule has 0 aromatic heterocycles. The molecule has 4 rings (SSSR count). The van der Waals surface area contributed by atoms with Crippen molar-refractivity contribution in [3.8, 4) is 0 Å². The van der Waals surface area contributed by atoms with Gasteiger partial charge in [-0.15, -0.1) is 0 Å². The number of fused-ring (bicyclic) bond motifs is 2. The van der Waals surface area contributed by atoms with Crippen LogP contribution < -0.4 is 0 Å². The van der Waals surface area contributed by atoms with Crippen LogP contribution in [0.4, 0.5) is 0 Å². The van der Waals surface area contributed by atoms with Crippen molar-refractivity contribution in [1.82, 2.24) is 4.90 Å². The first-order valence-electron chi connectivity index (χ1n) is 8.49. The molecule has 0 spiro atoms. The lowest BCUT2D eigenvalue weighted by Gasteiger charge is -2.23. The van der Waals surface area contributed by atoms with Crippen LogP contribution in [0.2, 0.25) is 0 Å². The number of hydrogen-bond acceptors (Lipinski definition) is 2. The molecule has 2 aromatic rings. The fourth-order valence-electron chi connectivity index (χ4n) is 3.25. The van der Waals surface area contributed by atoms with E-state index in [1.165, 1.54) is 44.9 Å². The molecule has 0 atom stereocenters. The third-order valence-corrected chi connectivity index (χ3v) is 5.82. The van der Waals surface area contributed by atoms with Crippen LogP contribution in [0.15, 0.2) is 58.3 Å². The standard InChI is InChI=1S/C21H23NS/c1-22(2)13-5-7-17-18-6-3-4-8-20(18)23-21-12-11-16(14-19(17)21)15-9-10-15/h3-4,6-8,11-12,14-15H,5,9-10,13H2,1-2H3/b17-7-. The molecule has 2 aromatic carbocycles. The summed E-state index contributed by atoms with van der Waals surface area (Å²) in [5.41, 5.74) is 5.80. The van der Waals surface area contributed by atoms with E-state index in [1.54, 1.807) is 0 Å². The third kappa shape index (κ3) is 3.11. The molecule has 0 N–H and O–H groups in total. The van der Waals surface area contributed by atoms with Crippen molar-refractivity contribution >= 4 is 17.3 Å².